The highest BCUT2D eigenvalue weighted by atomic mass is 32.2. The van der Waals surface area contributed by atoms with Crippen LogP contribution in [0.3, 0.4) is 0 Å². The minimum Gasteiger partial charge on any atom is -0.486 e. The molecule has 0 radical (unpaired) electrons. The Hall–Kier alpha value is -2.58. The predicted octanol–water partition coefficient (Wildman–Crippen LogP) is 3.05. The Morgan fingerprint density at radius 2 is 1.75 bits per heavy atom. The smallest absolute Gasteiger partial charge is 0.226 e. The Bertz CT molecular complexity index is 1030. The van der Waals surface area contributed by atoms with Crippen LogP contribution in [-0.2, 0) is 27.1 Å². The first-order valence-electron chi connectivity index (χ1n) is 11.2. The summed E-state index contributed by atoms with van der Waals surface area (Å²) < 4.78 is 38.6. The summed E-state index contributed by atoms with van der Waals surface area (Å²) in [6.07, 6.45) is 1.08. The molecule has 4 rings (SSSR count). The van der Waals surface area contributed by atoms with Gasteiger partial charge in [-0.05, 0) is 31.4 Å². The molecule has 1 saturated heterocycles. The molecule has 8 heteroatoms. The van der Waals surface area contributed by atoms with Crippen molar-refractivity contribution in [2.45, 2.75) is 32.1 Å². The van der Waals surface area contributed by atoms with Gasteiger partial charge in [0.2, 0.25) is 15.9 Å². The normalized spacial score (nSPS) is 17.2. The quantitative estimate of drug-likeness (QED) is 0.638. The lowest BCUT2D eigenvalue weighted by molar-refractivity contribution is -0.137. The lowest BCUT2D eigenvalue weighted by atomic mass is 9.96. The second-order valence-corrected chi connectivity index (χ2v) is 10.2. The number of carbonyl (C=O) groups excluding carboxylic acids is 1. The van der Waals surface area contributed by atoms with Crippen LogP contribution in [0.4, 0.5) is 0 Å². The van der Waals surface area contributed by atoms with E-state index >= 15 is 0 Å². The number of piperidine rings is 1. The van der Waals surface area contributed by atoms with Crippen LogP contribution in [0.25, 0.3) is 0 Å². The van der Waals surface area contributed by atoms with Crippen LogP contribution in [0, 0.1) is 5.92 Å². The van der Waals surface area contributed by atoms with Gasteiger partial charge in [0.1, 0.15) is 13.2 Å². The van der Waals surface area contributed by atoms with E-state index in [0.717, 1.165) is 11.1 Å². The van der Waals surface area contributed by atoms with Crippen molar-refractivity contribution in [2.75, 3.05) is 32.8 Å². The van der Waals surface area contributed by atoms with Gasteiger partial charge in [0.25, 0.3) is 0 Å². The van der Waals surface area contributed by atoms with Crippen LogP contribution in [0.15, 0.2) is 48.5 Å². The molecule has 0 aliphatic carbocycles. The van der Waals surface area contributed by atoms with E-state index in [0.29, 0.717) is 63.7 Å². The Morgan fingerprint density at radius 3 is 2.47 bits per heavy atom. The van der Waals surface area contributed by atoms with Crippen molar-refractivity contribution in [1.82, 2.24) is 9.21 Å². The van der Waals surface area contributed by atoms with Gasteiger partial charge in [-0.1, -0.05) is 42.5 Å². The first-order valence-corrected chi connectivity index (χ1v) is 12.8. The summed E-state index contributed by atoms with van der Waals surface area (Å²) in [5, 5.41) is 0. The van der Waals surface area contributed by atoms with Crippen molar-refractivity contribution in [3.63, 3.8) is 0 Å². The van der Waals surface area contributed by atoms with Crippen molar-refractivity contribution < 1.29 is 22.7 Å². The molecule has 0 unspecified atom stereocenters. The molecule has 2 aliphatic heterocycles. The zero-order valence-corrected chi connectivity index (χ0v) is 19.2. The third kappa shape index (κ3) is 5.07. The molecule has 0 bridgehead atoms. The van der Waals surface area contributed by atoms with E-state index in [4.69, 9.17) is 9.47 Å². The third-order valence-corrected chi connectivity index (χ3v) is 7.94. The number of hydrogen-bond acceptors (Lipinski definition) is 5. The van der Waals surface area contributed by atoms with Gasteiger partial charge in [-0.2, -0.15) is 0 Å². The monoisotopic (exact) mass is 458 g/mol. The Balaban J connectivity index is 1.37. The number of nitrogens with zero attached hydrogens (tertiary/aromatic N) is 2. The number of sulfonamides is 1. The lowest BCUT2D eigenvalue weighted by Crippen LogP contribution is -2.44. The van der Waals surface area contributed by atoms with E-state index in [1.807, 2.05) is 60.4 Å². The summed E-state index contributed by atoms with van der Waals surface area (Å²) in [7, 11) is -3.39. The number of amides is 1. The summed E-state index contributed by atoms with van der Waals surface area (Å²) in [5.74, 6) is 1.33. The highest BCUT2D eigenvalue weighted by Crippen LogP contribution is 2.34. The standard InChI is InChI=1S/C24H30N2O5S/c1-2-25(17-21-9-6-10-22-23(21)31-16-15-30-22)24(27)20-11-13-26(14-12-20)32(28,29)18-19-7-4-3-5-8-19/h3-10,20H,2,11-18H2,1H3. The summed E-state index contributed by atoms with van der Waals surface area (Å²) in [4.78, 5) is 15.1. The minimum atomic E-state index is -3.39. The summed E-state index contributed by atoms with van der Waals surface area (Å²) in [6, 6.07) is 15.0. The lowest BCUT2D eigenvalue weighted by Gasteiger charge is -2.34. The Labute approximate surface area is 190 Å². The van der Waals surface area contributed by atoms with Crippen LogP contribution in [0.2, 0.25) is 0 Å². The van der Waals surface area contributed by atoms with Crippen LogP contribution in [0.1, 0.15) is 30.9 Å². The first kappa shape index (κ1) is 22.6. The molecule has 0 saturated carbocycles. The molecule has 0 N–H and O–H groups in total. The molecule has 2 aromatic carbocycles. The van der Waals surface area contributed by atoms with Crippen molar-refractivity contribution in [3.05, 3.63) is 59.7 Å². The molecule has 0 spiro atoms. The number of ether oxygens (including phenoxy) is 2. The van der Waals surface area contributed by atoms with Gasteiger partial charge in [-0.3, -0.25) is 4.79 Å². The molecular formula is C24H30N2O5S. The van der Waals surface area contributed by atoms with E-state index in [2.05, 4.69) is 0 Å². The molecule has 32 heavy (non-hydrogen) atoms. The Kier molecular flexibility index (Phi) is 7.01. The van der Waals surface area contributed by atoms with Gasteiger partial charge in [0.15, 0.2) is 11.5 Å². The highest BCUT2D eigenvalue weighted by molar-refractivity contribution is 7.88. The molecule has 1 amide bonds. The Morgan fingerprint density at radius 1 is 1.03 bits per heavy atom. The molecule has 2 aromatic rings. The van der Waals surface area contributed by atoms with Crippen molar-refractivity contribution in [2.24, 2.45) is 5.92 Å². The molecule has 7 nitrogen and oxygen atoms in total. The van der Waals surface area contributed by atoms with Crippen LogP contribution >= 0.6 is 0 Å². The maximum absolute atomic E-state index is 13.2. The summed E-state index contributed by atoms with van der Waals surface area (Å²) >= 11 is 0. The number of para-hydroxylation sites is 1. The maximum atomic E-state index is 13.2. The maximum Gasteiger partial charge on any atom is 0.226 e. The zero-order chi connectivity index (χ0) is 22.6. The second-order valence-electron chi connectivity index (χ2n) is 8.21. The van der Waals surface area contributed by atoms with Gasteiger partial charge in [0, 0.05) is 37.7 Å². The second kappa shape index (κ2) is 9.92. The third-order valence-electron chi connectivity index (χ3n) is 6.09. The number of carbonyl (C=O) groups is 1. The van der Waals surface area contributed by atoms with Crippen molar-refractivity contribution in [3.8, 4) is 11.5 Å². The average molecular weight is 459 g/mol. The van der Waals surface area contributed by atoms with E-state index in [1.54, 1.807) is 0 Å². The first-order chi connectivity index (χ1) is 15.5. The van der Waals surface area contributed by atoms with Crippen LogP contribution < -0.4 is 9.47 Å². The van der Waals surface area contributed by atoms with Crippen molar-refractivity contribution >= 4 is 15.9 Å². The molecule has 2 heterocycles. The topological polar surface area (TPSA) is 76.2 Å². The van der Waals surface area contributed by atoms with Crippen molar-refractivity contribution in [1.29, 1.82) is 0 Å². The number of rotatable bonds is 7. The summed E-state index contributed by atoms with van der Waals surface area (Å²) in [6.45, 7) is 4.77. The predicted molar refractivity (Wildman–Crippen MR) is 122 cm³/mol. The number of benzene rings is 2. The van der Waals surface area contributed by atoms with E-state index < -0.39 is 10.0 Å². The van der Waals surface area contributed by atoms with Gasteiger partial charge >= 0.3 is 0 Å². The van der Waals surface area contributed by atoms with Gasteiger partial charge in [-0.25, -0.2) is 12.7 Å². The van der Waals surface area contributed by atoms with E-state index in [-0.39, 0.29) is 17.6 Å². The molecule has 0 atom stereocenters. The molecule has 172 valence electrons. The minimum absolute atomic E-state index is 0.00523. The average Bonchev–Trinajstić information content (AvgIpc) is 2.82. The van der Waals surface area contributed by atoms with Gasteiger partial charge < -0.3 is 14.4 Å². The molecular weight excluding hydrogens is 428 g/mol. The summed E-state index contributed by atoms with van der Waals surface area (Å²) in [5.41, 5.74) is 1.71. The van der Waals surface area contributed by atoms with Crippen LogP contribution in [-0.4, -0.2) is 56.4 Å². The van der Waals surface area contributed by atoms with E-state index in [9.17, 15) is 13.2 Å². The number of hydrogen-bond donors (Lipinski definition) is 0. The number of fused-ring (bicyclic) bond motifs is 1. The fourth-order valence-electron chi connectivity index (χ4n) is 4.33. The van der Waals surface area contributed by atoms with E-state index in [1.165, 1.54) is 4.31 Å². The molecule has 0 aromatic heterocycles. The van der Waals surface area contributed by atoms with Crippen LogP contribution in [0.5, 0.6) is 11.5 Å². The zero-order valence-electron chi connectivity index (χ0n) is 18.4. The van der Waals surface area contributed by atoms with Gasteiger partial charge in [-0.15, -0.1) is 0 Å². The highest BCUT2D eigenvalue weighted by Gasteiger charge is 2.33. The van der Waals surface area contributed by atoms with Gasteiger partial charge in [0.05, 0.1) is 5.75 Å². The SMILES string of the molecule is CCN(Cc1cccc2c1OCCO2)C(=O)C1CCN(S(=O)(=O)Cc2ccccc2)CC1. The molecule has 2 aliphatic rings. The largest absolute Gasteiger partial charge is 0.486 e. The fraction of sp³-hybridized carbons (Fsp3) is 0.458. The molecule has 1 fully saturated rings. The fourth-order valence-corrected chi connectivity index (χ4v) is 5.89.